The molecule has 0 saturated heterocycles. The van der Waals surface area contributed by atoms with Crippen LogP contribution in [0.4, 0.5) is 0 Å². The Hall–Kier alpha value is -0.100. The molecule has 0 fully saturated rings. The van der Waals surface area contributed by atoms with Crippen LogP contribution >= 0.6 is 31.9 Å². The van der Waals surface area contributed by atoms with E-state index in [0.29, 0.717) is 21.6 Å². The third-order valence-electron chi connectivity index (χ3n) is 2.68. The topological polar surface area (TPSA) is 41.5 Å². The molecule has 102 valence electrons. The minimum Gasteiger partial charge on any atom is -0.506 e. The molecule has 2 N–H and O–H groups in total. The number of ether oxygens (including phenoxy) is 1. The first kappa shape index (κ1) is 16.0. The number of hydrogen-bond donors (Lipinski definition) is 2. The lowest BCUT2D eigenvalue weighted by Gasteiger charge is -2.17. The maximum absolute atomic E-state index is 9.64. The molecule has 1 aromatic carbocycles. The van der Waals surface area contributed by atoms with E-state index < -0.39 is 0 Å². The fourth-order valence-corrected chi connectivity index (χ4v) is 3.06. The van der Waals surface area contributed by atoms with Crippen LogP contribution in [0.5, 0.6) is 5.75 Å². The van der Waals surface area contributed by atoms with Crippen molar-refractivity contribution in [2.24, 2.45) is 0 Å². The Morgan fingerprint density at radius 1 is 1.33 bits per heavy atom. The van der Waals surface area contributed by atoms with Crippen LogP contribution in [0.25, 0.3) is 0 Å². The fourth-order valence-electron chi connectivity index (χ4n) is 1.78. The Labute approximate surface area is 125 Å². The van der Waals surface area contributed by atoms with Crippen molar-refractivity contribution < 1.29 is 9.84 Å². The van der Waals surface area contributed by atoms with Crippen molar-refractivity contribution in [3.05, 3.63) is 26.6 Å². The number of nitrogens with one attached hydrogen (secondary N) is 1. The monoisotopic (exact) mass is 379 g/mol. The van der Waals surface area contributed by atoms with E-state index in [1.54, 1.807) is 7.11 Å². The molecular formula is C13H19Br2NO2. The number of rotatable bonds is 7. The summed E-state index contributed by atoms with van der Waals surface area (Å²) in [5.41, 5.74) is 1.11. The summed E-state index contributed by atoms with van der Waals surface area (Å²) in [4.78, 5) is 0. The van der Waals surface area contributed by atoms with Crippen LogP contribution in [0.2, 0.25) is 0 Å². The van der Waals surface area contributed by atoms with Gasteiger partial charge >= 0.3 is 0 Å². The van der Waals surface area contributed by atoms with E-state index in [-0.39, 0.29) is 5.75 Å². The summed E-state index contributed by atoms with van der Waals surface area (Å²) >= 11 is 6.67. The normalized spacial score (nSPS) is 12.7. The molecule has 5 heteroatoms. The van der Waals surface area contributed by atoms with Crippen molar-refractivity contribution >= 4 is 31.9 Å². The van der Waals surface area contributed by atoms with Crippen LogP contribution in [0.1, 0.15) is 25.3 Å². The second kappa shape index (κ2) is 8.15. The van der Waals surface area contributed by atoms with Crippen LogP contribution in [0.3, 0.4) is 0 Å². The lowest BCUT2D eigenvalue weighted by atomic mass is 10.1. The zero-order valence-corrected chi connectivity index (χ0v) is 13.8. The molecule has 0 amide bonds. The van der Waals surface area contributed by atoms with E-state index in [1.165, 1.54) is 0 Å². The van der Waals surface area contributed by atoms with Crippen molar-refractivity contribution in [3.63, 3.8) is 0 Å². The van der Waals surface area contributed by atoms with Crippen molar-refractivity contribution in [2.75, 3.05) is 13.7 Å². The smallest absolute Gasteiger partial charge is 0.143 e. The van der Waals surface area contributed by atoms with Gasteiger partial charge in [0.05, 0.1) is 15.6 Å². The van der Waals surface area contributed by atoms with Crippen molar-refractivity contribution in [1.29, 1.82) is 0 Å². The summed E-state index contributed by atoms with van der Waals surface area (Å²) < 4.78 is 6.59. The van der Waals surface area contributed by atoms with E-state index in [0.717, 1.165) is 24.9 Å². The minimum absolute atomic E-state index is 0.237. The average Bonchev–Trinajstić information content (AvgIpc) is 2.33. The van der Waals surface area contributed by atoms with Gasteiger partial charge in [-0.05, 0) is 56.0 Å². The molecular weight excluding hydrogens is 362 g/mol. The Morgan fingerprint density at radius 3 is 2.44 bits per heavy atom. The standard InChI is InChI=1S/C13H19Br2NO2/c1-3-4-10(8-18-2)16-7-9-5-11(14)13(17)12(15)6-9/h5-6,10,16-17H,3-4,7-8H2,1-2H3. The molecule has 0 saturated carbocycles. The van der Waals surface area contributed by atoms with Gasteiger partial charge in [0.15, 0.2) is 0 Å². The number of phenolic OH excluding ortho intramolecular Hbond substituents is 1. The van der Waals surface area contributed by atoms with Gasteiger partial charge in [0.2, 0.25) is 0 Å². The quantitative estimate of drug-likeness (QED) is 0.755. The highest BCUT2D eigenvalue weighted by molar-refractivity contribution is 9.11. The molecule has 18 heavy (non-hydrogen) atoms. The molecule has 1 atom stereocenters. The molecule has 0 aliphatic heterocycles. The summed E-state index contributed by atoms with van der Waals surface area (Å²) in [6, 6.07) is 4.21. The fraction of sp³-hybridized carbons (Fsp3) is 0.538. The summed E-state index contributed by atoms with van der Waals surface area (Å²) in [7, 11) is 1.72. The van der Waals surface area contributed by atoms with Crippen LogP contribution in [-0.2, 0) is 11.3 Å². The first-order chi connectivity index (χ1) is 8.58. The van der Waals surface area contributed by atoms with Gasteiger partial charge in [0, 0.05) is 19.7 Å². The minimum atomic E-state index is 0.237. The first-order valence-electron chi connectivity index (χ1n) is 5.97. The molecule has 1 unspecified atom stereocenters. The zero-order valence-electron chi connectivity index (χ0n) is 10.7. The molecule has 0 aliphatic carbocycles. The van der Waals surface area contributed by atoms with Gasteiger partial charge in [-0.15, -0.1) is 0 Å². The molecule has 0 aliphatic rings. The number of benzene rings is 1. The van der Waals surface area contributed by atoms with Crippen molar-refractivity contribution in [3.8, 4) is 5.75 Å². The highest BCUT2D eigenvalue weighted by atomic mass is 79.9. The third kappa shape index (κ3) is 4.88. The lowest BCUT2D eigenvalue weighted by Crippen LogP contribution is -2.32. The van der Waals surface area contributed by atoms with Gasteiger partial charge in [-0.1, -0.05) is 13.3 Å². The molecule has 0 spiro atoms. The van der Waals surface area contributed by atoms with Crippen molar-refractivity contribution in [2.45, 2.75) is 32.4 Å². The predicted octanol–water partition coefficient (Wildman–Crippen LogP) is 3.82. The zero-order chi connectivity index (χ0) is 13.5. The Kier molecular flexibility index (Phi) is 7.22. The molecule has 0 radical (unpaired) electrons. The Morgan fingerprint density at radius 2 is 1.94 bits per heavy atom. The van der Waals surface area contributed by atoms with Gasteiger partial charge in [0.1, 0.15) is 5.75 Å². The molecule has 1 aromatic rings. The number of aromatic hydroxyl groups is 1. The van der Waals surface area contributed by atoms with Gasteiger partial charge in [0.25, 0.3) is 0 Å². The van der Waals surface area contributed by atoms with Crippen LogP contribution in [-0.4, -0.2) is 24.9 Å². The maximum atomic E-state index is 9.64. The Bertz CT molecular complexity index is 356. The van der Waals surface area contributed by atoms with Crippen LogP contribution in [0, 0.1) is 0 Å². The second-order valence-electron chi connectivity index (χ2n) is 4.23. The molecule has 0 bridgehead atoms. The van der Waals surface area contributed by atoms with Crippen LogP contribution < -0.4 is 5.32 Å². The predicted molar refractivity (Wildman–Crippen MR) is 80.9 cm³/mol. The summed E-state index contributed by atoms with van der Waals surface area (Å²) in [5, 5.41) is 13.1. The summed E-state index contributed by atoms with van der Waals surface area (Å²) in [5.74, 6) is 0.237. The van der Waals surface area contributed by atoms with E-state index in [4.69, 9.17) is 4.74 Å². The van der Waals surface area contributed by atoms with Gasteiger partial charge in [-0.2, -0.15) is 0 Å². The number of methoxy groups -OCH3 is 1. The van der Waals surface area contributed by atoms with E-state index >= 15 is 0 Å². The maximum Gasteiger partial charge on any atom is 0.143 e. The van der Waals surface area contributed by atoms with E-state index in [9.17, 15) is 5.11 Å². The van der Waals surface area contributed by atoms with Crippen LogP contribution in [0.15, 0.2) is 21.1 Å². The first-order valence-corrected chi connectivity index (χ1v) is 7.56. The molecule has 0 heterocycles. The number of hydrogen-bond acceptors (Lipinski definition) is 3. The Balaban J connectivity index is 2.61. The lowest BCUT2D eigenvalue weighted by molar-refractivity contribution is 0.161. The summed E-state index contributed by atoms with van der Waals surface area (Å²) in [6.07, 6.45) is 2.22. The number of halogens is 2. The van der Waals surface area contributed by atoms with Gasteiger partial charge in [-0.25, -0.2) is 0 Å². The highest BCUT2D eigenvalue weighted by Gasteiger charge is 2.09. The SMILES string of the molecule is CCCC(COC)NCc1cc(Br)c(O)c(Br)c1. The van der Waals surface area contributed by atoms with Crippen molar-refractivity contribution in [1.82, 2.24) is 5.32 Å². The molecule has 1 rings (SSSR count). The molecule has 3 nitrogen and oxygen atoms in total. The highest BCUT2D eigenvalue weighted by Crippen LogP contribution is 2.33. The average molecular weight is 381 g/mol. The van der Waals surface area contributed by atoms with Gasteiger partial charge < -0.3 is 15.2 Å². The van der Waals surface area contributed by atoms with E-state index in [2.05, 4.69) is 44.1 Å². The number of phenols is 1. The third-order valence-corrected chi connectivity index (χ3v) is 3.89. The van der Waals surface area contributed by atoms with E-state index in [1.807, 2.05) is 12.1 Å². The second-order valence-corrected chi connectivity index (χ2v) is 5.94. The molecule has 0 aromatic heterocycles. The van der Waals surface area contributed by atoms with Gasteiger partial charge in [-0.3, -0.25) is 0 Å². The summed E-state index contributed by atoms with van der Waals surface area (Å²) in [6.45, 7) is 3.64. The largest absolute Gasteiger partial charge is 0.506 e.